The minimum atomic E-state index is 0.265. The smallest absolute Gasteiger partial charge is 0.189 e. The summed E-state index contributed by atoms with van der Waals surface area (Å²) in [5.41, 5.74) is 7.54. The van der Waals surface area contributed by atoms with Crippen LogP contribution >= 0.6 is 11.8 Å². The maximum Gasteiger partial charge on any atom is 0.189 e. The Bertz CT molecular complexity index is 472. The summed E-state index contributed by atoms with van der Waals surface area (Å²) in [5, 5.41) is 12.6. The Balaban J connectivity index is 2.38. The summed E-state index contributed by atoms with van der Waals surface area (Å²) in [6.45, 7) is 6.03. The van der Waals surface area contributed by atoms with Crippen LogP contribution in [-0.4, -0.2) is 25.0 Å². The second-order valence-corrected chi connectivity index (χ2v) is 4.71. The Morgan fingerprint density at radius 1 is 1.50 bits per heavy atom. The van der Waals surface area contributed by atoms with E-state index in [9.17, 15) is 0 Å². The van der Waals surface area contributed by atoms with Gasteiger partial charge in [-0.25, -0.2) is 4.98 Å². The zero-order chi connectivity index (χ0) is 11.7. The Labute approximate surface area is 97.6 Å². The van der Waals surface area contributed by atoms with Gasteiger partial charge in [-0.15, -0.1) is 0 Å². The second kappa shape index (κ2) is 4.17. The van der Waals surface area contributed by atoms with Gasteiger partial charge in [0, 0.05) is 6.04 Å². The van der Waals surface area contributed by atoms with Gasteiger partial charge < -0.3 is 5.73 Å². The van der Waals surface area contributed by atoms with Crippen LogP contribution in [0.2, 0.25) is 0 Å². The quantitative estimate of drug-likeness (QED) is 0.848. The lowest BCUT2D eigenvalue weighted by Gasteiger charge is -2.09. The summed E-state index contributed by atoms with van der Waals surface area (Å²) < 4.78 is 1.90. The third kappa shape index (κ3) is 1.90. The van der Waals surface area contributed by atoms with Gasteiger partial charge in [-0.1, -0.05) is 0 Å². The Kier molecular flexibility index (Phi) is 2.86. The monoisotopic (exact) mass is 238 g/mol. The fraction of sp³-hybridized carbons (Fsp3) is 0.444. The predicted octanol–water partition coefficient (Wildman–Crippen LogP) is 1.62. The van der Waals surface area contributed by atoms with Gasteiger partial charge in [0.2, 0.25) is 0 Å². The first-order valence-corrected chi connectivity index (χ1v) is 5.79. The molecule has 2 rings (SSSR count). The molecule has 0 unspecified atom stereocenters. The molecule has 7 heteroatoms. The summed E-state index contributed by atoms with van der Waals surface area (Å²) in [6, 6.07) is 0.265. The van der Waals surface area contributed by atoms with Crippen molar-refractivity contribution in [3.8, 4) is 0 Å². The van der Waals surface area contributed by atoms with E-state index in [0.29, 0.717) is 10.8 Å². The standard InChI is InChI=1S/C9H14N6S/c1-5(2)15-8(7(10)6(3)14-15)16-9-11-4-12-13-9/h4-5H,10H2,1-3H3,(H,11,12,13). The lowest BCUT2D eigenvalue weighted by atomic mass is 10.4. The molecule has 0 atom stereocenters. The molecule has 6 nitrogen and oxygen atoms in total. The number of aryl methyl sites for hydroxylation is 1. The van der Waals surface area contributed by atoms with Crippen LogP contribution < -0.4 is 5.73 Å². The molecular formula is C9H14N6S. The molecule has 0 saturated carbocycles. The van der Waals surface area contributed by atoms with Crippen molar-refractivity contribution in [2.45, 2.75) is 37.0 Å². The van der Waals surface area contributed by atoms with Crippen LogP contribution in [0, 0.1) is 6.92 Å². The van der Waals surface area contributed by atoms with Gasteiger partial charge in [0.15, 0.2) is 5.16 Å². The van der Waals surface area contributed by atoms with E-state index in [1.54, 1.807) is 0 Å². The first-order valence-electron chi connectivity index (χ1n) is 4.97. The van der Waals surface area contributed by atoms with Gasteiger partial charge in [0.05, 0.1) is 11.4 Å². The van der Waals surface area contributed by atoms with Crippen molar-refractivity contribution in [2.75, 3.05) is 5.73 Å². The van der Waals surface area contributed by atoms with Crippen LogP contribution in [0.4, 0.5) is 5.69 Å². The van der Waals surface area contributed by atoms with Crippen LogP contribution in [0.3, 0.4) is 0 Å². The van der Waals surface area contributed by atoms with E-state index in [-0.39, 0.29) is 6.04 Å². The fourth-order valence-electron chi connectivity index (χ4n) is 1.33. The Morgan fingerprint density at radius 3 is 2.81 bits per heavy atom. The number of hydrogen-bond acceptors (Lipinski definition) is 5. The lowest BCUT2D eigenvalue weighted by Crippen LogP contribution is -2.04. The maximum absolute atomic E-state index is 5.99. The molecule has 0 spiro atoms. The van der Waals surface area contributed by atoms with Gasteiger partial charge in [0.1, 0.15) is 11.4 Å². The summed E-state index contributed by atoms with van der Waals surface area (Å²) in [7, 11) is 0. The van der Waals surface area contributed by atoms with Gasteiger partial charge in [-0.05, 0) is 32.5 Å². The van der Waals surface area contributed by atoms with Crippen LogP contribution in [0.5, 0.6) is 0 Å². The molecule has 0 saturated heterocycles. The van der Waals surface area contributed by atoms with Crippen molar-refractivity contribution in [1.29, 1.82) is 0 Å². The Hall–Kier alpha value is -1.50. The molecule has 0 aromatic carbocycles. The number of rotatable bonds is 3. The summed E-state index contributed by atoms with van der Waals surface area (Å²) in [4.78, 5) is 4.06. The summed E-state index contributed by atoms with van der Waals surface area (Å²) >= 11 is 1.44. The van der Waals surface area contributed by atoms with Crippen LogP contribution in [0.25, 0.3) is 0 Å². The van der Waals surface area contributed by atoms with E-state index in [0.717, 1.165) is 10.7 Å². The number of nitrogens with one attached hydrogen (secondary N) is 1. The van der Waals surface area contributed by atoms with Crippen molar-refractivity contribution >= 4 is 17.4 Å². The molecule has 2 heterocycles. The van der Waals surface area contributed by atoms with E-state index < -0.39 is 0 Å². The number of aromatic amines is 1. The second-order valence-electron chi connectivity index (χ2n) is 3.74. The topological polar surface area (TPSA) is 85.4 Å². The predicted molar refractivity (Wildman–Crippen MR) is 62.3 cm³/mol. The van der Waals surface area contributed by atoms with Crippen molar-refractivity contribution in [3.63, 3.8) is 0 Å². The zero-order valence-corrected chi connectivity index (χ0v) is 10.2. The molecule has 0 amide bonds. The van der Waals surface area contributed by atoms with Crippen molar-refractivity contribution in [1.82, 2.24) is 25.0 Å². The number of aromatic nitrogens is 5. The number of anilines is 1. The van der Waals surface area contributed by atoms with Crippen molar-refractivity contribution in [3.05, 3.63) is 12.0 Å². The minimum Gasteiger partial charge on any atom is -0.395 e. The summed E-state index contributed by atoms with van der Waals surface area (Å²) in [6.07, 6.45) is 1.47. The van der Waals surface area contributed by atoms with Crippen LogP contribution in [0.15, 0.2) is 16.5 Å². The molecule has 0 radical (unpaired) electrons. The SMILES string of the molecule is Cc1nn(C(C)C)c(Sc2ncn[nH]2)c1N. The molecule has 2 aromatic rings. The number of hydrogen-bond donors (Lipinski definition) is 2. The third-order valence-corrected chi connectivity index (χ3v) is 3.15. The Morgan fingerprint density at radius 2 is 2.25 bits per heavy atom. The summed E-state index contributed by atoms with van der Waals surface area (Å²) in [5.74, 6) is 0. The largest absolute Gasteiger partial charge is 0.395 e. The van der Waals surface area contributed by atoms with Crippen LogP contribution in [-0.2, 0) is 0 Å². The first kappa shape index (κ1) is 11.0. The average molecular weight is 238 g/mol. The number of nitrogens with two attached hydrogens (primary N) is 1. The average Bonchev–Trinajstić information content (AvgIpc) is 2.81. The van der Waals surface area contributed by atoms with Crippen molar-refractivity contribution in [2.24, 2.45) is 0 Å². The third-order valence-electron chi connectivity index (χ3n) is 2.16. The first-order chi connectivity index (χ1) is 7.59. The van der Waals surface area contributed by atoms with E-state index >= 15 is 0 Å². The normalized spacial score (nSPS) is 11.2. The molecule has 0 bridgehead atoms. The van der Waals surface area contributed by atoms with Gasteiger partial charge in [0.25, 0.3) is 0 Å². The molecule has 0 fully saturated rings. The van der Waals surface area contributed by atoms with E-state index in [1.165, 1.54) is 18.1 Å². The molecule has 16 heavy (non-hydrogen) atoms. The van der Waals surface area contributed by atoms with E-state index in [2.05, 4.69) is 34.1 Å². The zero-order valence-electron chi connectivity index (χ0n) is 9.43. The van der Waals surface area contributed by atoms with Crippen molar-refractivity contribution < 1.29 is 0 Å². The highest BCUT2D eigenvalue weighted by molar-refractivity contribution is 7.99. The van der Waals surface area contributed by atoms with Gasteiger partial charge in [-0.2, -0.15) is 10.2 Å². The maximum atomic E-state index is 5.99. The molecular weight excluding hydrogens is 224 g/mol. The number of H-pyrrole nitrogens is 1. The molecule has 3 N–H and O–H groups in total. The highest BCUT2D eigenvalue weighted by Crippen LogP contribution is 2.33. The lowest BCUT2D eigenvalue weighted by molar-refractivity contribution is 0.491. The van der Waals surface area contributed by atoms with E-state index in [1.807, 2.05) is 11.6 Å². The molecule has 2 aromatic heterocycles. The van der Waals surface area contributed by atoms with Gasteiger partial charge in [-0.3, -0.25) is 9.78 Å². The number of nitrogens with zero attached hydrogens (tertiary/aromatic N) is 4. The van der Waals surface area contributed by atoms with E-state index in [4.69, 9.17) is 5.73 Å². The molecule has 0 aliphatic carbocycles. The van der Waals surface area contributed by atoms with Crippen LogP contribution in [0.1, 0.15) is 25.6 Å². The molecule has 0 aliphatic rings. The highest BCUT2D eigenvalue weighted by Gasteiger charge is 2.16. The molecule has 86 valence electrons. The minimum absolute atomic E-state index is 0.265. The number of nitrogen functional groups attached to an aromatic ring is 1. The highest BCUT2D eigenvalue weighted by atomic mass is 32.2. The van der Waals surface area contributed by atoms with Gasteiger partial charge >= 0.3 is 0 Å². The fourth-order valence-corrected chi connectivity index (χ4v) is 2.31. The molecule has 0 aliphatic heterocycles.